The molecule has 1 aromatic heterocycles. The van der Waals surface area contributed by atoms with E-state index in [1.807, 2.05) is 53.9 Å². The molecule has 0 amide bonds. The zero-order valence-corrected chi connectivity index (χ0v) is 10.5. The van der Waals surface area contributed by atoms with E-state index in [4.69, 9.17) is 0 Å². The quantitative estimate of drug-likeness (QED) is 0.739. The molecule has 3 rings (SSSR count). The zero-order valence-electron chi connectivity index (χ0n) is 9.71. The van der Waals surface area contributed by atoms with E-state index in [-0.39, 0.29) is 0 Å². The summed E-state index contributed by atoms with van der Waals surface area (Å²) in [5.41, 5.74) is 2.21. The highest BCUT2D eigenvalue weighted by atomic mass is 32.1. The van der Waals surface area contributed by atoms with E-state index in [0.717, 1.165) is 22.1 Å². The van der Waals surface area contributed by atoms with E-state index in [9.17, 15) is 0 Å². The molecule has 0 fully saturated rings. The smallest absolute Gasteiger partial charge is 0.142 e. The van der Waals surface area contributed by atoms with Crippen LogP contribution < -0.4 is 5.32 Å². The van der Waals surface area contributed by atoms with Gasteiger partial charge in [0, 0.05) is 16.6 Å². The molecule has 0 aliphatic rings. The molecule has 0 aliphatic heterocycles. The number of hydrogen-bond donors (Lipinski definition) is 1. The zero-order chi connectivity index (χ0) is 12.2. The van der Waals surface area contributed by atoms with Gasteiger partial charge in [0.25, 0.3) is 0 Å². The molecular weight excluding hydrogens is 240 g/mol. The SMILES string of the molecule is c1ccc(Nc2csc(-c3ccccc3)n2)cc1. The predicted molar refractivity (Wildman–Crippen MR) is 77.3 cm³/mol. The molecule has 2 aromatic carbocycles. The molecule has 0 radical (unpaired) electrons. The second kappa shape index (κ2) is 5.02. The summed E-state index contributed by atoms with van der Waals surface area (Å²) in [5, 5.41) is 6.37. The van der Waals surface area contributed by atoms with Gasteiger partial charge in [0.15, 0.2) is 0 Å². The number of nitrogens with zero attached hydrogens (tertiary/aromatic N) is 1. The maximum absolute atomic E-state index is 4.58. The molecule has 0 saturated heterocycles. The number of nitrogens with one attached hydrogen (secondary N) is 1. The van der Waals surface area contributed by atoms with Crippen LogP contribution in [0.5, 0.6) is 0 Å². The van der Waals surface area contributed by atoms with Crippen LogP contribution in [0.2, 0.25) is 0 Å². The summed E-state index contributed by atoms with van der Waals surface area (Å²) in [7, 11) is 0. The summed E-state index contributed by atoms with van der Waals surface area (Å²) < 4.78 is 0. The molecule has 88 valence electrons. The molecule has 0 saturated carbocycles. The van der Waals surface area contributed by atoms with Crippen molar-refractivity contribution in [2.75, 3.05) is 5.32 Å². The average Bonchev–Trinajstić information content (AvgIpc) is 2.89. The van der Waals surface area contributed by atoms with Crippen molar-refractivity contribution < 1.29 is 0 Å². The summed E-state index contributed by atoms with van der Waals surface area (Å²) in [5.74, 6) is 0.894. The number of anilines is 2. The third-order valence-electron chi connectivity index (χ3n) is 2.57. The number of rotatable bonds is 3. The first-order chi connectivity index (χ1) is 8.92. The van der Waals surface area contributed by atoms with Crippen LogP contribution in [0.1, 0.15) is 0 Å². The number of para-hydroxylation sites is 1. The second-order valence-corrected chi connectivity index (χ2v) is 4.75. The fourth-order valence-corrected chi connectivity index (χ4v) is 2.47. The summed E-state index contributed by atoms with van der Waals surface area (Å²) in [4.78, 5) is 4.58. The van der Waals surface area contributed by atoms with Crippen LogP contribution in [0.3, 0.4) is 0 Å². The summed E-state index contributed by atoms with van der Waals surface area (Å²) in [6.07, 6.45) is 0. The van der Waals surface area contributed by atoms with Crippen molar-refractivity contribution >= 4 is 22.8 Å². The Morgan fingerprint density at radius 3 is 2.22 bits per heavy atom. The molecule has 1 N–H and O–H groups in total. The Labute approximate surface area is 110 Å². The van der Waals surface area contributed by atoms with Gasteiger partial charge >= 0.3 is 0 Å². The third kappa shape index (κ3) is 2.41. The van der Waals surface area contributed by atoms with E-state index in [2.05, 4.69) is 22.4 Å². The van der Waals surface area contributed by atoms with Crippen molar-refractivity contribution in [3.05, 3.63) is 66.0 Å². The van der Waals surface area contributed by atoms with Gasteiger partial charge < -0.3 is 5.32 Å². The first-order valence-corrected chi connectivity index (χ1v) is 6.63. The Kier molecular flexibility index (Phi) is 3.07. The van der Waals surface area contributed by atoms with Crippen LogP contribution >= 0.6 is 11.3 Å². The van der Waals surface area contributed by atoms with Gasteiger partial charge in [-0.2, -0.15) is 0 Å². The number of aromatic nitrogens is 1. The van der Waals surface area contributed by atoms with Gasteiger partial charge in [-0.3, -0.25) is 0 Å². The van der Waals surface area contributed by atoms with Crippen molar-refractivity contribution in [3.8, 4) is 10.6 Å². The normalized spacial score (nSPS) is 10.2. The Morgan fingerprint density at radius 2 is 1.50 bits per heavy atom. The predicted octanol–water partition coefficient (Wildman–Crippen LogP) is 4.55. The molecule has 0 aliphatic carbocycles. The maximum Gasteiger partial charge on any atom is 0.142 e. The first-order valence-electron chi connectivity index (χ1n) is 5.75. The van der Waals surface area contributed by atoms with Gasteiger partial charge in [-0.15, -0.1) is 11.3 Å². The average molecular weight is 252 g/mol. The van der Waals surface area contributed by atoms with Crippen molar-refractivity contribution in [2.45, 2.75) is 0 Å². The number of benzene rings is 2. The second-order valence-electron chi connectivity index (χ2n) is 3.89. The number of hydrogen-bond acceptors (Lipinski definition) is 3. The Balaban J connectivity index is 1.82. The lowest BCUT2D eigenvalue weighted by atomic mass is 10.2. The highest BCUT2D eigenvalue weighted by molar-refractivity contribution is 7.13. The molecule has 0 atom stereocenters. The Morgan fingerprint density at radius 1 is 0.833 bits per heavy atom. The Hall–Kier alpha value is -2.13. The van der Waals surface area contributed by atoms with E-state index >= 15 is 0 Å². The molecule has 1 heterocycles. The van der Waals surface area contributed by atoms with Crippen LogP contribution in [0.25, 0.3) is 10.6 Å². The number of thiazole rings is 1. The topological polar surface area (TPSA) is 24.9 Å². The monoisotopic (exact) mass is 252 g/mol. The fourth-order valence-electron chi connectivity index (χ4n) is 1.71. The highest BCUT2D eigenvalue weighted by Crippen LogP contribution is 2.27. The fraction of sp³-hybridized carbons (Fsp3) is 0. The minimum atomic E-state index is 0.894. The summed E-state index contributed by atoms with van der Waals surface area (Å²) >= 11 is 1.65. The lowest BCUT2D eigenvalue weighted by Gasteiger charge is -2.01. The summed E-state index contributed by atoms with van der Waals surface area (Å²) in [6, 6.07) is 20.3. The van der Waals surface area contributed by atoms with Crippen LogP contribution in [0.15, 0.2) is 66.0 Å². The van der Waals surface area contributed by atoms with E-state index in [1.54, 1.807) is 11.3 Å². The molecule has 18 heavy (non-hydrogen) atoms. The lowest BCUT2D eigenvalue weighted by Crippen LogP contribution is -1.89. The maximum atomic E-state index is 4.58. The van der Waals surface area contributed by atoms with Crippen LogP contribution in [0, 0.1) is 0 Å². The molecule has 2 nitrogen and oxygen atoms in total. The molecular formula is C15H12N2S. The van der Waals surface area contributed by atoms with E-state index in [0.29, 0.717) is 0 Å². The van der Waals surface area contributed by atoms with Crippen LogP contribution in [0.4, 0.5) is 11.5 Å². The van der Waals surface area contributed by atoms with Gasteiger partial charge in [0.2, 0.25) is 0 Å². The van der Waals surface area contributed by atoms with Crippen LogP contribution in [-0.4, -0.2) is 4.98 Å². The van der Waals surface area contributed by atoms with Gasteiger partial charge in [-0.1, -0.05) is 48.5 Å². The van der Waals surface area contributed by atoms with Crippen molar-refractivity contribution in [1.29, 1.82) is 0 Å². The largest absolute Gasteiger partial charge is 0.340 e. The summed E-state index contributed by atoms with van der Waals surface area (Å²) in [6.45, 7) is 0. The first kappa shape index (κ1) is 11.0. The molecule has 0 bridgehead atoms. The van der Waals surface area contributed by atoms with Crippen molar-refractivity contribution in [3.63, 3.8) is 0 Å². The molecule has 0 unspecified atom stereocenters. The van der Waals surface area contributed by atoms with Crippen molar-refractivity contribution in [2.24, 2.45) is 0 Å². The molecule has 3 aromatic rings. The van der Waals surface area contributed by atoms with Crippen molar-refractivity contribution in [1.82, 2.24) is 4.98 Å². The van der Waals surface area contributed by atoms with Crippen LogP contribution in [-0.2, 0) is 0 Å². The highest BCUT2D eigenvalue weighted by Gasteiger charge is 2.03. The minimum Gasteiger partial charge on any atom is -0.340 e. The van der Waals surface area contributed by atoms with E-state index < -0.39 is 0 Å². The van der Waals surface area contributed by atoms with Gasteiger partial charge in [-0.25, -0.2) is 4.98 Å². The Bertz CT molecular complexity index is 617. The van der Waals surface area contributed by atoms with E-state index in [1.165, 1.54) is 0 Å². The van der Waals surface area contributed by atoms with Gasteiger partial charge in [0.05, 0.1) is 0 Å². The standard InChI is InChI=1S/C15H12N2S/c1-3-7-12(8-4-1)15-17-14(11-18-15)16-13-9-5-2-6-10-13/h1-11,16H. The van der Waals surface area contributed by atoms with Gasteiger partial charge in [-0.05, 0) is 12.1 Å². The molecule has 0 spiro atoms. The lowest BCUT2D eigenvalue weighted by molar-refractivity contribution is 1.38. The third-order valence-corrected chi connectivity index (χ3v) is 3.46. The minimum absolute atomic E-state index is 0.894. The molecule has 3 heteroatoms. The van der Waals surface area contributed by atoms with Gasteiger partial charge in [0.1, 0.15) is 10.8 Å².